The number of methoxy groups -OCH3 is 2. The SMILES string of the molecule is C#C[SiH2]C.CC.CCOC(=O)c1cc(C#C[Si](C)(C)C)c(N)cc1OC.CCOC(=O)c1cc(I)c(N)cc1OC.[Cl][Pd][Cl].c1ccc(P(c2ccccc2)c2ccccc2)cc1.c1ccc(P(c2ccccc2)c2ccccc2)cc1. The number of hydrogen-bond donors (Lipinski definition) is 2. The van der Waals surface area contributed by atoms with Crippen LogP contribution in [0, 0.1) is 27.0 Å². The summed E-state index contributed by atoms with van der Waals surface area (Å²) in [7, 11) is 10.2. The first-order valence-electron chi connectivity index (χ1n) is 26.3. The van der Waals surface area contributed by atoms with Crippen LogP contribution in [0.5, 0.6) is 11.5 Å². The van der Waals surface area contributed by atoms with Crippen LogP contribution in [-0.2, 0) is 25.4 Å². The summed E-state index contributed by atoms with van der Waals surface area (Å²) < 4.78 is 21.0. The van der Waals surface area contributed by atoms with E-state index in [9.17, 15) is 9.59 Å². The van der Waals surface area contributed by atoms with Crippen molar-refractivity contribution in [3.8, 4) is 34.9 Å². The predicted molar refractivity (Wildman–Crippen MR) is 366 cm³/mol. The Morgan fingerprint density at radius 2 is 0.829 bits per heavy atom. The van der Waals surface area contributed by atoms with Gasteiger partial charge in [0.1, 0.15) is 40.2 Å². The number of benzene rings is 8. The number of rotatable bonds is 12. The van der Waals surface area contributed by atoms with Gasteiger partial charge in [0.25, 0.3) is 0 Å². The van der Waals surface area contributed by atoms with Gasteiger partial charge in [-0.15, -0.1) is 17.5 Å². The normalized spacial score (nSPS) is 9.98. The van der Waals surface area contributed by atoms with Crippen LogP contribution in [0.2, 0.25) is 26.2 Å². The molecule has 0 amide bonds. The number of nitrogen functional groups attached to an aromatic ring is 2. The van der Waals surface area contributed by atoms with Gasteiger partial charge in [-0.3, -0.25) is 0 Å². The van der Waals surface area contributed by atoms with E-state index in [1.54, 1.807) is 38.1 Å². The van der Waals surface area contributed by atoms with Gasteiger partial charge in [0, 0.05) is 27.0 Å². The zero-order chi connectivity index (χ0) is 60.7. The number of carbonyl (C=O) groups is 2. The summed E-state index contributed by atoms with van der Waals surface area (Å²) in [4.78, 5) is 23.4. The van der Waals surface area contributed by atoms with E-state index >= 15 is 0 Å². The van der Waals surface area contributed by atoms with Crippen molar-refractivity contribution < 1.29 is 44.5 Å². The molecule has 82 heavy (non-hydrogen) atoms. The minimum Gasteiger partial charge on any atom is -0.0622 e. The first-order chi connectivity index (χ1) is 39.6. The van der Waals surface area contributed by atoms with Crippen molar-refractivity contribution >= 4 is 130 Å². The van der Waals surface area contributed by atoms with Crippen molar-refractivity contribution in [1.29, 1.82) is 0 Å². The largest absolute Gasteiger partial charge is 0.0622 e. The number of nitrogens with two attached hydrogens (primary N) is 2. The summed E-state index contributed by atoms with van der Waals surface area (Å²) in [6.07, 6.45) is 4.84. The summed E-state index contributed by atoms with van der Waals surface area (Å²) in [6, 6.07) is 71.2. The van der Waals surface area contributed by atoms with E-state index in [0.717, 1.165) is 3.57 Å². The maximum atomic E-state index is 11.9. The van der Waals surface area contributed by atoms with Crippen LogP contribution in [0.3, 0.4) is 0 Å². The fraction of sp³-hybridized carbons (Fsp3) is 0.182. The number of esters is 2. The fourth-order valence-electron chi connectivity index (χ4n) is 6.96. The van der Waals surface area contributed by atoms with Crippen LogP contribution in [0.1, 0.15) is 54.0 Å². The van der Waals surface area contributed by atoms with Crippen LogP contribution in [0.25, 0.3) is 0 Å². The van der Waals surface area contributed by atoms with Crippen LogP contribution in [-0.4, -0.2) is 57.0 Å². The molecule has 0 fully saturated rings. The summed E-state index contributed by atoms with van der Waals surface area (Å²) in [5.41, 5.74) is 19.9. The fourth-order valence-corrected chi connectivity index (χ4v) is 12.5. The quantitative estimate of drug-likeness (QED) is 0.0310. The number of halogens is 3. The molecule has 8 aromatic rings. The second kappa shape index (κ2) is 42.1. The molecule has 8 nitrogen and oxygen atoms in total. The Kier molecular flexibility index (Phi) is 37.2. The molecule has 8 rings (SSSR count). The third-order valence-corrected chi connectivity index (χ3v) is 17.6. The van der Waals surface area contributed by atoms with Crippen LogP contribution in [0.4, 0.5) is 11.4 Å². The summed E-state index contributed by atoms with van der Waals surface area (Å²) in [5.74, 6) is 3.08. The van der Waals surface area contributed by atoms with Crippen molar-refractivity contribution in [3.63, 3.8) is 0 Å². The monoisotopic (exact) mass is 1410 g/mol. The molecule has 0 spiro atoms. The Balaban J connectivity index is 0.000000357. The van der Waals surface area contributed by atoms with E-state index in [0.29, 0.717) is 52.8 Å². The molecule has 0 unspecified atom stereocenters. The Labute approximate surface area is 524 Å². The smallest absolute Gasteiger partial charge is 0.0134 e. The summed E-state index contributed by atoms with van der Waals surface area (Å²) >= 11 is 1.95. The molecule has 0 aromatic heterocycles. The van der Waals surface area contributed by atoms with E-state index in [2.05, 4.69) is 248 Å². The summed E-state index contributed by atoms with van der Waals surface area (Å²) in [6.45, 7) is 16.7. The van der Waals surface area contributed by atoms with Crippen molar-refractivity contribution in [2.24, 2.45) is 0 Å². The van der Waals surface area contributed by atoms with Gasteiger partial charge in [-0.05, 0) is 96.2 Å². The van der Waals surface area contributed by atoms with Gasteiger partial charge in [0.05, 0.1) is 33.1 Å². The van der Waals surface area contributed by atoms with Crippen molar-refractivity contribution in [1.82, 2.24) is 0 Å². The molecule has 0 aliphatic rings. The molecule has 16 heteroatoms. The Bertz CT molecular complexity index is 2870. The number of ether oxygens (including phenoxy) is 4. The molecule has 0 radical (unpaired) electrons. The molecule has 0 atom stereocenters. The van der Waals surface area contributed by atoms with Gasteiger partial charge in [-0.2, -0.15) is 0 Å². The molecule has 0 saturated heterocycles. The van der Waals surface area contributed by atoms with Gasteiger partial charge >= 0.3 is 46.9 Å². The van der Waals surface area contributed by atoms with E-state index in [4.69, 9.17) is 55.9 Å². The third-order valence-electron chi connectivity index (χ3n) is 10.5. The topological polar surface area (TPSA) is 123 Å². The minimum absolute atomic E-state index is 0.0478. The number of terminal acetylenes is 1. The first-order valence-corrected chi connectivity index (χ1v) is 39.6. The molecule has 0 heterocycles. The molecular formula is C66H75Cl2IN2O6P2PdSi2. The van der Waals surface area contributed by atoms with E-state index in [-0.39, 0.29) is 25.5 Å². The molecule has 0 aliphatic carbocycles. The summed E-state index contributed by atoms with van der Waals surface area (Å²) in [5, 5.41) is 8.39. The second-order valence-electron chi connectivity index (χ2n) is 17.4. The Hall–Kier alpha value is -5.71. The number of hydrogen-bond acceptors (Lipinski definition) is 8. The average molecular weight is 1410 g/mol. The zero-order valence-corrected chi connectivity index (χ0v) is 57.7. The number of carbonyl (C=O) groups excluding carboxylic acids is 2. The van der Waals surface area contributed by atoms with Crippen LogP contribution < -0.4 is 52.8 Å². The predicted octanol–water partition coefficient (Wildman–Crippen LogP) is 13.8. The maximum absolute atomic E-state index is 11.9. The molecular weight excluding hydrogens is 1340 g/mol. The molecule has 0 bridgehead atoms. The Morgan fingerprint density at radius 1 is 0.561 bits per heavy atom. The van der Waals surface area contributed by atoms with Gasteiger partial charge in [0.15, 0.2) is 0 Å². The Morgan fingerprint density at radius 3 is 1.07 bits per heavy atom. The van der Waals surface area contributed by atoms with E-state index < -0.39 is 35.9 Å². The minimum atomic E-state index is -1.51. The molecule has 0 aliphatic heterocycles. The zero-order valence-electron chi connectivity index (χ0n) is 48.3. The van der Waals surface area contributed by atoms with Crippen LogP contribution in [0.15, 0.2) is 206 Å². The molecule has 4 N–H and O–H groups in total. The van der Waals surface area contributed by atoms with Crippen molar-refractivity contribution in [2.45, 2.75) is 53.9 Å². The van der Waals surface area contributed by atoms with E-state index in [1.807, 2.05) is 13.8 Å². The third kappa shape index (κ3) is 26.2. The van der Waals surface area contributed by atoms with Gasteiger partial charge < -0.3 is 30.4 Å². The molecule has 434 valence electrons. The molecule has 0 saturated carbocycles. The van der Waals surface area contributed by atoms with E-state index in [1.165, 1.54) is 46.0 Å². The van der Waals surface area contributed by atoms with Crippen molar-refractivity contribution in [2.75, 3.05) is 38.9 Å². The first kappa shape index (κ1) is 72.4. The van der Waals surface area contributed by atoms with Crippen LogP contribution >= 0.6 is 57.5 Å². The van der Waals surface area contributed by atoms with Crippen molar-refractivity contribution in [3.05, 3.63) is 227 Å². The van der Waals surface area contributed by atoms with Gasteiger partial charge in [-0.25, -0.2) is 9.59 Å². The van der Waals surface area contributed by atoms with Gasteiger partial charge in [0.2, 0.25) is 0 Å². The standard InChI is InChI=1S/2C18H15P.C15H21NO3Si.C10H12INO3.C3H6Si.C2H6.2ClH.Pd/c2*1-4-10-16(11-5-1)19(17-12-6-2-7-13-17)18-14-8-3-9-15-18;1-6-19-15(17)12-9-11(7-8-20(3,4)5)13(16)10-14(12)18-2;1-3-15-10(13)6-4-7(11)8(12)5-9(6)14-2;1-3-4-2;1-2;;;/h2*1-15H;9-10H,6,16H2,1-5H3;4-5H,3,12H2,1-2H3;1H,4H2,2H3;1-2H3;2*1H;/q;;;;;;;;+2/p-2. The number of anilines is 2. The maximum Gasteiger partial charge on any atom is -0.0134 e. The average Bonchev–Trinajstić information content (AvgIpc) is 3.58. The molecule has 8 aromatic carbocycles. The second-order valence-corrected chi connectivity index (χ2v) is 31.3. The van der Waals surface area contributed by atoms with Gasteiger partial charge in [-0.1, -0.05) is 228 Å².